The summed E-state index contributed by atoms with van der Waals surface area (Å²) in [5, 5.41) is 0. The smallest absolute Gasteiger partial charge is 0.410 e. The number of nitrogens with zero attached hydrogens (tertiary/aromatic N) is 1. The second-order valence-corrected chi connectivity index (χ2v) is 6.49. The highest BCUT2D eigenvalue weighted by Gasteiger charge is 2.43. The lowest BCUT2D eigenvalue weighted by Gasteiger charge is -2.40. The lowest BCUT2D eigenvalue weighted by atomic mass is 9.90. The molecule has 0 saturated carbocycles. The van der Waals surface area contributed by atoms with Crippen LogP contribution in [0, 0.1) is 0 Å². The molecule has 1 rings (SSSR count). The maximum Gasteiger partial charge on any atom is 0.410 e. The van der Waals surface area contributed by atoms with Crippen molar-refractivity contribution in [3.05, 3.63) is 0 Å². The predicted octanol–water partition coefficient (Wildman–Crippen LogP) is 1.67. The first-order valence-corrected chi connectivity index (χ1v) is 7.01. The van der Waals surface area contributed by atoms with Gasteiger partial charge in [-0.25, -0.2) is 4.79 Å². The van der Waals surface area contributed by atoms with Gasteiger partial charge in [0.05, 0.1) is 6.10 Å². The maximum absolute atomic E-state index is 12.0. The number of amides is 2. The summed E-state index contributed by atoms with van der Waals surface area (Å²) in [6.45, 7) is 10.0. The first-order valence-electron chi connectivity index (χ1n) is 7.01. The lowest BCUT2D eigenvalue weighted by molar-refractivity contribution is -0.158. The molecule has 0 aromatic rings. The number of likely N-dealkylation sites (tertiary alicyclic amines) is 1. The van der Waals surface area contributed by atoms with Crippen LogP contribution in [0.2, 0.25) is 0 Å². The molecule has 6 nitrogen and oxygen atoms in total. The Morgan fingerprint density at radius 1 is 1.20 bits per heavy atom. The Kier molecular flexibility index (Phi) is 5.02. The molecule has 2 amide bonds. The molecule has 0 atom stereocenters. The molecule has 0 bridgehead atoms. The quantitative estimate of drug-likeness (QED) is 0.855. The van der Waals surface area contributed by atoms with Gasteiger partial charge in [-0.15, -0.1) is 0 Å². The molecule has 20 heavy (non-hydrogen) atoms. The standard InChI is InChI=1S/C14H26N2O4/c1-10(2)19-14(11(15)17)6-8-16(9-7-14)12(18)20-13(3,4)5/h10H,6-9H2,1-5H3,(H2,15,17). The number of carbonyl (C=O) groups excluding carboxylic acids is 2. The Labute approximate surface area is 120 Å². The van der Waals surface area contributed by atoms with Crippen molar-refractivity contribution in [3.8, 4) is 0 Å². The Morgan fingerprint density at radius 3 is 2.05 bits per heavy atom. The average Bonchev–Trinajstić information content (AvgIpc) is 2.26. The molecular weight excluding hydrogens is 260 g/mol. The van der Waals surface area contributed by atoms with Gasteiger partial charge in [0.25, 0.3) is 0 Å². The van der Waals surface area contributed by atoms with E-state index < -0.39 is 17.1 Å². The van der Waals surface area contributed by atoms with E-state index in [0.717, 1.165) is 0 Å². The van der Waals surface area contributed by atoms with Crippen molar-refractivity contribution in [1.29, 1.82) is 0 Å². The molecule has 1 aliphatic rings. The third kappa shape index (κ3) is 4.37. The van der Waals surface area contributed by atoms with Crippen LogP contribution in [0.4, 0.5) is 4.79 Å². The summed E-state index contributed by atoms with van der Waals surface area (Å²) in [6.07, 6.45) is 0.357. The number of nitrogens with two attached hydrogens (primary N) is 1. The minimum Gasteiger partial charge on any atom is -0.444 e. The van der Waals surface area contributed by atoms with Crippen LogP contribution in [0.1, 0.15) is 47.5 Å². The van der Waals surface area contributed by atoms with Crippen LogP contribution in [0.15, 0.2) is 0 Å². The SMILES string of the molecule is CC(C)OC1(C(N)=O)CCN(C(=O)OC(C)(C)C)CC1. The van der Waals surface area contributed by atoms with Gasteiger partial charge in [0.1, 0.15) is 11.2 Å². The van der Waals surface area contributed by atoms with Crippen LogP contribution in [0.25, 0.3) is 0 Å². The number of ether oxygens (including phenoxy) is 2. The van der Waals surface area contributed by atoms with E-state index >= 15 is 0 Å². The lowest BCUT2D eigenvalue weighted by Crippen LogP contribution is -2.56. The summed E-state index contributed by atoms with van der Waals surface area (Å²) >= 11 is 0. The largest absolute Gasteiger partial charge is 0.444 e. The van der Waals surface area contributed by atoms with Crippen molar-refractivity contribution >= 4 is 12.0 Å². The molecule has 0 radical (unpaired) electrons. The molecule has 0 aromatic heterocycles. The molecule has 6 heteroatoms. The highest BCUT2D eigenvalue weighted by molar-refractivity contribution is 5.84. The van der Waals surface area contributed by atoms with E-state index in [0.29, 0.717) is 25.9 Å². The number of hydrogen-bond acceptors (Lipinski definition) is 4. The van der Waals surface area contributed by atoms with Crippen molar-refractivity contribution in [3.63, 3.8) is 0 Å². The zero-order chi connectivity index (χ0) is 15.6. The van der Waals surface area contributed by atoms with Crippen LogP contribution in [-0.4, -0.2) is 47.3 Å². The minimum absolute atomic E-state index is 0.0874. The van der Waals surface area contributed by atoms with Crippen molar-refractivity contribution in [1.82, 2.24) is 4.90 Å². The monoisotopic (exact) mass is 286 g/mol. The fourth-order valence-electron chi connectivity index (χ4n) is 2.25. The molecule has 1 heterocycles. The van der Waals surface area contributed by atoms with Gasteiger partial charge in [-0.05, 0) is 34.6 Å². The molecule has 0 aliphatic carbocycles. The van der Waals surface area contributed by atoms with E-state index in [9.17, 15) is 9.59 Å². The number of carbonyl (C=O) groups is 2. The van der Waals surface area contributed by atoms with Crippen molar-refractivity contribution in [2.45, 2.75) is 64.8 Å². The first kappa shape index (κ1) is 16.8. The summed E-state index contributed by atoms with van der Waals surface area (Å²) < 4.78 is 11.0. The van der Waals surface area contributed by atoms with Gasteiger partial charge >= 0.3 is 6.09 Å². The van der Waals surface area contributed by atoms with Gasteiger partial charge < -0.3 is 20.1 Å². The van der Waals surface area contributed by atoms with Gasteiger partial charge in [-0.2, -0.15) is 0 Å². The van der Waals surface area contributed by atoms with Crippen LogP contribution in [-0.2, 0) is 14.3 Å². The zero-order valence-electron chi connectivity index (χ0n) is 13.1. The minimum atomic E-state index is -0.966. The molecular formula is C14H26N2O4. The van der Waals surface area contributed by atoms with Gasteiger partial charge in [-0.1, -0.05) is 0 Å². The fraction of sp³-hybridized carbons (Fsp3) is 0.857. The molecule has 0 aromatic carbocycles. The zero-order valence-corrected chi connectivity index (χ0v) is 13.1. The summed E-state index contributed by atoms with van der Waals surface area (Å²) in [7, 11) is 0. The average molecular weight is 286 g/mol. The Morgan fingerprint density at radius 2 is 1.70 bits per heavy atom. The topological polar surface area (TPSA) is 81.9 Å². The van der Waals surface area contributed by atoms with Crippen LogP contribution in [0.5, 0.6) is 0 Å². The van der Waals surface area contributed by atoms with E-state index in [2.05, 4.69) is 0 Å². The Bertz CT molecular complexity index is 366. The number of rotatable bonds is 3. The van der Waals surface area contributed by atoms with Crippen LogP contribution < -0.4 is 5.73 Å². The van der Waals surface area contributed by atoms with E-state index in [4.69, 9.17) is 15.2 Å². The molecule has 1 saturated heterocycles. The van der Waals surface area contributed by atoms with E-state index in [1.165, 1.54) is 0 Å². The second-order valence-electron chi connectivity index (χ2n) is 6.49. The maximum atomic E-state index is 12.0. The molecule has 0 spiro atoms. The summed E-state index contributed by atoms with van der Waals surface area (Å²) in [6, 6.07) is 0. The molecule has 2 N–H and O–H groups in total. The third-order valence-electron chi connectivity index (χ3n) is 3.13. The third-order valence-corrected chi connectivity index (χ3v) is 3.13. The summed E-state index contributed by atoms with van der Waals surface area (Å²) in [5.41, 5.74) is 3.99. The Hall–Kier alpha value is -1.30. The van der Waals surface area contributed by atoms with Gasteiger partial charge in [0.2, 0.25) is 5.91 Å². The molecule has 1 fully saturated rings. The Balaban J connectivity index is 2.65. The summed E-state index contributed by atoms with van der Waals surface area (Å²) in [5.74, 6) is -0.463. The molecule has 116 valence electrons. The van der Waals surface area contributed by atoms with E-state index in [1.54, 1.807) is 4.90 Å². The van der Waals surface area contributed by atoms with E-state index in [-0.39, 0.29) is 12.2 Å². The highest BCUT2D eigenvalue weighted by Crippen LogP contribution is 2.28. The van der Waals surface area contributed by atoms with E-state index in [1.807, 2.05) is 34.6 Å². The fourth-order valence-corrected chi connectivity index (χ4v) is 2.25. The van der Waals surface area contributed by atoms with Gasteiger partial charge in [0, 0.05) is 25.9 Å². The molecule has 0 unspecified atom stereocenters. The van der Waals surface area contributed by atoms with Crippen molar-refractivity contribution < 1.29 is 19.1 Å². The van der Waals surface area contributed by atoms with Crippen molar-refractivity contribution in [2.75, 3.05) is 13.1 Å². The number of piperidine rings is 1. The van der Waals surface area contributed by atoms with Crippen molar-refractivity contribution in [2.24, 2.45) is 5.73 Å². The summed E-state index contributed by atoms with van der Waals surface area (Å²) in [4.78, 5) is 25.2. The number of hydrogen-bond donors (Lipinski definition) is 1. The predicted molar refractivity (Wildman–Crippen MR) is 75.2 cm³/mol. The number of primary amides is 1. The normalized spacial score (nSPS) is 19.0. The highest BCUT2D eigenvalue weighted by atomic mass is 16.6. The second kappa shape index (κ2) is 5.99. The molecule has 1 aliphatic heterocycles. The van der Waals surface area contributed by atoms with Gasteiger partial charge in [-0.3, -0.25) is 4.79 Å². The van der Waals surface area contributed by atoms with Crippen LogP contribution in [0.3, 0.4) is 0 Å². The van der Waals surface area contributed by atoms with Crippen LogP contribution >= 0.6 is 0 Å². The first-order chi connectivity index (χ1) is 9.06. The van der Waals surface area contributed by atoms with Gasteiger partial charge in [0.15, 0.2) is 0 Å².